The summed E-state index contributed by atoms with van der Waals surface area (Å²) in [5.74, 6) is 2.40. The summed E-state index contributed by atoms with van der Waals surface area (Å²) < 4.78 is 2.22. The molecule has 4 heteroatoms. The summed E-state index contributed by atoms with van der Waals surface area (Å²) in [7, 11) is 2.28. The minimum atomic E-state index is 0.356. The Kier molecular flexibility index (Phi) is 10.6. The molecule has 6 aromatic carbocycles. The average molecular weight is 753 g/mol. The van der Waals surface area contributed by atoms with E-state index in [0.29, 0.717) is 35.3 Å². The molecule has 7 aromatic rings. The molecule has 4 unspecified atom stereocenters. The Morgan fingerprint density at radius 1 is 0.649 bits per heavy atom. The lowest BCUT2D eigenvalue weighted by Crippen LogP contribution is -2.42. The first-order chi connectivity index (χ1) is 28.0. The van der Waals surface area contributed by atoms with Gasteiger partial charge >= 0.3 is 0 Å². The highest BCUT2D eigenvalue weighted by atomic mass is 16.3. The second-order valence-corrected chi connectivity index (χ2v) is 17.1. The first-order valence-corrected chi connectivity index (χ1v) is 21.4. The van der Waals surface area contributed by atoms with E-state index in [4.69, 9.17) is 0 Å². The quantitative estimate of drug-likeness (QED) is 0.138. The SMILES string of the molecule is CC(CCCc1cccc(-n2c3ccccc3c3ccccc32)c1O)C1CCCCC1N(C)Cc1cccc(CC2CCc3ccccc3-c3ccccc32)c1O. The lowest BCUT2D eigenvalue weighted by atomic mass is 9.74. The van der Waals surface area contributed by atoms with E-state index in [9.17, 15) is 10.2 Å². The average Bonchev–Trinajstić information content (AvgIpc) is 3.49. The highest BCUT2D eigenvalue weighted by Gasteiger charge is 2.33. The summed E-state index contributed by atoms with van der Waals surface area (Å²) in [5.41, 5.74) is 11.7. The number of phenols is 2. The number of phenolic OH excluding ortho intramolecular Hbond substituents is 2. The molecule has 0 spiro atoms. The molecule has 1 saturated carbocycles. The van der Waals surface area contributed by atoms with Gasteiger partial charge in [-0.05, 0) is 121 Å². The molecule has 2 N–H and O–H groups in total. The van der Waals surface area contributed by atoms with Crippen molar-refractivity contribution in [2.45, 2.75) is 89.6 Å². The third kappa shape index (κ3) is 7.25. The van der Waals surface area contributed by atoms with Gasteiger partial charge in [0.1, 0.15) is 11.5 Å². The number of hydrogen-bond donors (Lipinski definition) is 2. The standard InChI is InChI=1S/C53H56N2O2/c1-36(16-13-18-38-19-15-31-51(53(38)57)55-49-29-11-8-26-46(49)47-27-9-12-30-50(47)55)42-22-7-10-28-48(42)54(2)35-41-21-14-20-40(52(41)56)34-39-33-32-37-17-3-4-23-43(37)45-25-6-5-24-44(39)45/h3-6,8-9,11-12,14-15,17,19-21,23-27,29-31,36,39,42,48,56-57H,7,10,13,16,18,22,28,32-35H2,1-2H3. The molecule has 4 atom stereocenters. The van der Waals surface area contributed by atoms with Gasteiger partial charge in [0, 0.05) is 28.9 Å². The van der Waals surface area contributed by atoms with Crippen LogP contribution in [-0.2, 0) is 25.8 Å². The topological polar surface area (TPSA) is 48.6 Å². The van der Waals surface area contributed by atoms with E-state index in [1.165, 1.54) is 58.7 Å². The van der Waals surface area contributed by atoms with Crippen LogP contribution in [0.2, 0.25) is 0 Å². The molecule has 2 aliphatic carbocycles. The highest BCUT2D eigenvalue weighted by molar-refractivity contribution is 6.09. The highest BCUT2D eigenvalue weighted by Crippen LogP contribution is 2.42. The van der Waals surface area contributed by atoms with Gasteiger partial charge in [-0.1, -0.05) is 141 Å². The van der Waals surface area contributed by atoms with Crippen LogP contribution in [0.25, 0.3) is 38.6 Å². The Bertz CT molecular complexity index is 2460. The van der Waals surface area contributed by atoms with Gasteiger partial charge in [0.05, 0.1) is 16.7 Å². The maximum Gasteiger partial charge on any atom is 0.142 e. The number of benzene rings is 6. The number of hydrogen-bond acceptors (Lipinski definition) is 3. The number of nitrogens with zero attached hydrogens (tertiary/aromatic N) is 2. The number of aryl methyl sites for hydroxylation is 2. The molecule has 0 bridgehead atoms. The number of para-hydroxylation sites is 4. The van der Waals surface area contributed by atoms with E-state index >= 15 is 0 Å². The van der Waals surface area contributed by atoms with Crippen molar-refractivity contribution in [3.8, 4) is 28.3 Å². The van der Waals surface area contributed by atoms with Crippen LogP contribution in [0.5, 0.6) is 11.5 Å². The van der Waals surface area contributed by atoms with Crippen LogP contribution in [0.15, 0.2) is 133 Å². The number of rotatable bonds is 11. The smallest absolute Gasteiger partial charge is 0.142 e. The first-order valence-electron chi connectivity index (χ1n) is 21.4. The van der Waals surface area contributed by atoms with Crippen LogP contribution in [0.1, 0.15) is 85.6 Å². The van der Waals surface area contributed by atoms with Crippen molar-refractivity contribution < 1.29 is 10.2 Å². The zero-order valence-corrected chi connectivity index (χ0v) is 33.6. The van der Waals surface area contributed by atoms with Crippen LogP contribution >= 0.6 is 0 Å². The zero-order chi connectivity index (χ0) is 38.9. The van der Waals surface area contributed by atoms with Gasteiger partial charge in [0.15, 0.2) is 0 Å². The van der Waals surface area contributed by atoms with Crippen molar-refractivity contribution in [1.29, 1.82) is 0 Å². The summed E-state index contributed by atoms with van der Waals surface area (Å²) >= 11 is 0. The Balaban J connectivity index is 0.869. The van der Waals surface area contributed by atoms with E-state index in [2.05, 4.69) is 151 Å². The fourth-order valence-electron chi connectivity index (χ4n) is 10.7. The Morgan fingerprint density at radius 2 is 1.30 bits per heavy atom. The molecule has 1 fully saturated rings. The lowest BCUT2D eigenvalue weighted by molar-refractivity contribution is 0.0852. The van der Waals surface area contributed by atoms with Crippen molar-refractivity contribution in [1.82, 2.24) is 9.47 Å². The van der Waals surface area contributed by atoms with Crippen LogP contribution < -0.4 is 0 Å². The maximum absolute atomic E-state index is 11.8. The van der Waals surface area contributed by atoms with E-state index < -0.39 is 0 Å². The number of aromatic nitrogens is 1. The van der Waals surface area contributed by atoms with Crippen molar-refractivity contribution in [3.05, 3.63) is 161 Å². The van der Waals surface area contributed by atoms with Gasteiger partial charge < -0.3 is 14.8 Å². The number of fused-ring (bicyclic) bond motifs is 6. The lowest BCUT2D eigenvalue weighted by Gasteiger charge is -2.41. The van der Waals surface area contributed by atoms with Gasteiger partial charge in [-0.2, -0.15) is 0 Å². The molecule has 0 aliphatic heterocycles. The normalized spacial score (nSPS) is 18.7. The number of aromatic hydroxyl groups is 2. The molecule has 57 heavy (non-hydrogen) atoms. The van der Waals surface area contributed by atoms with Crippen molar-refractivity contribution >= 4 is 21.8 Å². The first kappa shape index (κ1) is 37.3. The predicted molar refractivity (Wildman–Crippen MR) is 237 cm³/mol. The Morgan fingerprint density at radius 3 is 2.11 bits per heavy atom. The van der Waals surface area contributed by atoms with Gasteiger partial charge in [0.25, 0.3) is 0 Å². The van der Waals surface area contributed by atoms with E-state index in [-0.39, 0.29) is 0 Å². The molecule has 2 aliphatic rings. The van der Waals surface area contributed by atoms with E-state index in [1.54, 1.807) is 0 Å². The van der Waals surface area contributed by atoms with Crippen molar-refractivity contribution in [2.24, 2.45) is 11.8 Å². The predicted octanol–water partition coefficient (Wildman–Crippen LogP) is 12.8. The molecular weight excluding hydrogens is 697 g/mol. The van der Waals surface area contributed by atoms with Crippen molar-refractivity contribution in [2.75, 3.05) is 7.05 Å². The molecule has 0 amide bonds. The Hall–Kier alpha value is -5.32. The van der Waals surface area contributed by atoms with Gasteiger partial charge in [-0.15, -0.1) is 0 Å². The molecule has 0 saturated heterocycles. The largest absolute Gasteiger partial charge is 0.507 e. The summed E-state index contributed by atoms with van der Waals surface area (Å²) in [5, 5.41) is 25.9. The third-order valence-corrected chi connectivity index (χ3v) is 13.7. The molecule has 1 aromatic heterocycles. The minimum absolute atomic E-state index is 0.356. The molecule has 9 rings (SSSR count). The van der Waals surface area contributed by atoms with E-state index in [0.717, 1.165) is 78.5 Å². The van der Waals surface area contributed by atoms with Crippen LogP contribution in [0.4, 0.5) is 0 Å². The maximum atomic E-state index is 11.8. The summed E-state index contributed by atoms with van der Waals surface area (Å²) in [6, 6.07) is 47.9. The fraction of sp³-hybridized carbons (Fsp3) is 0.321. The van der Waals surface area contributed by atoms with Gasteiger partial charge in [-0.3, -0.25) is 4.90 Å². The zero-order valence-electron chi connectivity index (χ0n) is 33.6. The summed E-state index contributed by atoms with van der Waals surface area (Å²) in [6.07, 6.45) is 11.0. The molecule has 4 nitrogen and oxygen atoms in total. The van der Waals surface area contributed by atoms with Crippen LogP contribution in [0, 0.1) is 11.8 Å². The second-order valence-electron chi connectivity index (χ2n) is 17.1. The van der Waals surface area contributed by atoms with Gasteiger partial charge in [-0.25, -0.2) is 0 Å². The van der Waals surface area contributed by atoms with Crippen LogP contribution in [-0.4, -0.2) is 32.8 Å². The van der Waals surface area contributed by atoms with Crippen LogP contribution in [0.3, 0.4) is 0 Å². The minimum Gasteiger partial charge on any atom is -0.507 e. The molecule has 1 heterocycles. The van der Waals surface area contributed by atoms with E-state index in [1.807, 2.05) is 6.07 Å². The molecule has 0 radical (unpaired) electrons. The van der Waals surface area contributed by atoms with Gasteiger partial charge in [0.2, 0.25) is 0 Å². The summed E-state index contributed by atoms with van der Waals surface area (Å²) in [6.45, 7) is 3.20. The Labute approximate surface area is 338 Å². The monoisotopic (exact) mass is 752 g/mol. The second kappa shape index (κ2) is 16.3. The molecular formula is C53H56N2O2. The third-order valence-electron chi connectivity index (χ3n) is 13.7. The summed E-state index contributed by atoms with van der Waals surface area (Å²) in [4.78, 5) is 2.54. The van der Waals surface area contributed by atoms with Crippen molar-refractivity contribution in [3.63, 3.8) is 0 Å². The fourth-order valence-corrected chi connectivity index (χ4v) is 10.7. The molecule has 290 valence electrons.